The van der Waals surface area contributed by atoms with E-state index in [0.717, 1.165) is 5.96 Å². The Labute approximate surface area is 159 Å². The van der Waals surface area contributed by atoms with Crippen LogP contribution < -0.4 is 10.6 Å². The van der Waals surface area contributed by atoms with E-state index < -0.39 is 11.7 Å². The van der Waals surface area contributed by atoms with Crippen molar-refractivity contribution in [2.75, 3.05) is 46.3 Å². The molecular weight excluding hydrogens is 350 g/mol. The van der Waals surface area contributed by atoms with Gasteiger partial charge in [-0.15, -0.1) is 0 Å². The number of furan rings is 1. The van der Waals surface area contributed by atoms with Crippen LogP contribution in [0.15, 0.2) is 27.8 Å². The molecule has 0 spiro atoms. The Morgan fingerprint density at radius 3 is 2.33 bits per heavy atom. The van der Waals surface area contributed by atoms with Gasteiger partial charge < -0.3 is 29.6 Å². The lowest BCUT2D eigenvalue weighted by molar-refractivity contribution is 0.0528. The van der Waals surface area contributed by atoms with E-state index in [4.69, 9.17) is 9.15 Å². The third kappa shape index (κ3) is 6.50. The molecule has 1 aliphatic heterocycles. The summed E-state index contributed by atoms with van der Waals surface area (Å²) in [5.74, 6) is 1.01. The quantitative estimate of drug-likeness (QED) is 0.462. The molecule has 9 heteroatoms. The lowest BCUT2D eigenvalue weighted by Crippen LogP contribution is -2.54. The van der Waals surface area contributed by atoms with Crippen LogP contribution >= 0.6 is 0 Å². The van der Waals surface area contributed by atoms with Crippen LogP contribution in [-0.2, 0) is 4.74 Å². The second-order valence-electron chi connectivity index (χ2n) is 7.16. The van der Waals surface area contributed by atoms with Crippen LogP contribution in [0.25, 0.3) is 0 Å². The zero-order valence-corrected chi connectivity index (χ0v) is 16.4. The number of ether oxygens (including phenoxy) is 1. The minimum atomic E-state index is -0.514. The predicted molar refractivity (Wildman–Crippen MR) is 102 cm³/mol. The SMILES string of the molecule is CN=C(NCCNC(=O)OC(C)(C)C)N1CCN(C(=O)c2ccco2)CC1. The summed E-state index contributed by atoms with van der Waals surface area (Å²) in [7, 11) is 1.71. The summed E-state index contributed by atoms with van der Waals surface area (Å²) in [6.45, 7) is 8.95. The monoisotopic (exact) mass is 379 g/mol. The van der Waals surface area contributed by atoms with E-state index in [9.17, 15) is 9.59 Å². The number of amides is 2. The van der Waals surface area contributed by atoms with Crippen molar-refractivity contribution in [3.05, 3.63) is 24.2 Å². The molecule has 0 unspecified atom stereocenters. The highest BCUT2D eigenvalue weighted by molar-refractivity contribution is 5.91. The van der Waals surface area contributed by atoms with Gasteiger partial charge in [-0.1, -0.05) is 0 Å². The number of rotatable bonds is 4. The van der Waals surface area contributed by atoms with Crippen LogP contribution in [0.1, 0.15) is 31.3 Å². The number of piperazine rings is 1. The Hall–Kier alpha value is -2.71. The molecule has 0 bridgehead atoms. The molecule has 0 atom stereocenters. The smallest absolute Gasteiger partial charge is 0.407 e. The van der Waals surface area contributed by atoms with Gasteiger partial charge in [0, 0.05) is 46.3 Å². The normalized spacial score (nSPS) is 15.5. The molecule has 27 heavy (non-hydrogen) atoms. The third-order valence-electron chi connectivity index (χ3n) is 3.89. The minimum Gasteiger partial charge on any atom is -0.459 e. The fraction of sp³-hybridized carbons (Fsp3) is 0.611. The minimum absolute atomic E-state index is 0.0934. The zero-order chi connectivity index (χ0) is 19.9. The molecule has 9 nitrogen and oxygen atoms in total. The maximum Gasteiger partial charge on any atom is 0.407 e. The van der Waals surface area contributed by atoms with Gasteiger partial charge in [-0.2, -0.15) is 0 Å². The van der Waals surface area contributed by atoms with Gasteiger partial charge in [0.1, 0.15) is 5.60 Å². The van der Waals surface area contributed by atoms with E-state index in [1.807, 2.05) is 20.8 Å². The molecule has 1 saturated heterocycles. The molecule has 0 aliphatic carbocycles. The van der Waals surface area contributed by atoms with Gasteiger partial charge in [0.25, 0.3) is 5.91 Å². The molecule has 150 valence electrons. The summed E-state index contributed by atoms with van der Waals surface area (Å²) < 4.78 is 10.4. The van der Waals surface area contributed by atoms with Crippen LogP contribution in [0.3, 0.4) is 0 Å². The van der Waals surface area contributed by atoms with E-state index >= 15 is 0 Å². The fourth-order valence-corrected chi connectivity index (χ4v) is 2.66. The first-order valence-corrected chi connectivity index (χ1v) is 9.05. The van der Waals surface area contributed by atoms with Crippen LogP contribution in [0.5, 0.6) is 0 Å². The summed E-state index contributed by atoms with van der Waals surface area (Å²) >= 11 is 0. The highest BCUT2D eigenvalue weighted by Crippen LogP contribution is 2.09. The van der Waals surface area contributed by atoms with E-state index in [-0.39, 0.29) is 5.91 Å². The molecule has 0 aromatic carbocycles. The van der Waals surface area contributed by atoms with Gasteiger partial charge in [-0.05, 0) is 32.9 Å². The Balaban J connectivity index is 1.71. The van der Waals surface area contributed by atoms with Crippen molar-refractivity contribution < 1.29 is 18.7 Å². The molecule has 2 rings (SSSR count). The summed E-state index contributed by atoms with van der Waals surface area (Å²) in [6.07, 6.45) is 1.06. The maximum atomic E-state index is 12.3. The second-order valence-corrected chi connectivity index (χ2v) is 7.16. The first-order chi connectivity index (χ1) is 12.8. The number of aliphatic imine (C=N–C) groups is 1. The largest absolute Gasteiger partial charge is 0.459 e. The lowest BCUT2D eigenvalue weighted by Gasteiger charge is -2.36. The predicted octanol–water partition coefficient (Wildman–Crippen LogP) is 1.14. The first-order valence-electron chi connectivity index (χ1n) is 9.05. The first kappa shape index (κ1) is 20.6. The summed E-state index contributed by atoms with van der Waals surface area (Å²) in [6, 6.07) is 3.38. The Morgan fingerprint density at radius 2 is 1.78 bits per heavy atom. The van der Waals surface area contributed by atoms with Gasteiger partial charge in [0.2, 0.25) is 0 Å². The van der Waals surface area contributed by atoms with Gasteiger partial charge >= 0.3 is 6.09 Å². The van der Waals surface area contributed by atoms with Gasteiger partial charge in [0.15, 0.2) is 11.7 Å². The van der Waals surface area contributed by atoms with Gasteiger partial charge in [0.05, 0.1) is 6.26 Å². The summed E-state index contributed by atoms with van der Waals surface area (Å²) in [5, 5.41) is 5.91. The molecule has 2 heterocycles. The lowest BCUT2D eigenvalue weighted by atomic mass is 10.2. The number of carbonyl (C=O) groups is 2. The molecule has 2 amide bonds. The molecule has 1 fully saturated rings. The number of carbonyl (C=O) groups excluding carboxylic acids is 2. The molecule has 0 radical (unpaired) electrons. The van der Waals surface area contributed by atoms with Crippen molar-refractivity contribution >= 4 is 18.0 Å². The Kier molecular flexibility index (Phi) is 7.09. The topological polar surface area (TPSA) is 99.4 Å². The summed E-state index contributed by atoms with van der Waals surface area (Å²) in [4.78, 5) is 32.0. The number of nitrogens with zero attached hydrogens (tertiary/aromatic N) is 3. The molecule has 1 aromatic rings. The molecule has 2 N–H and O–H groups in total. The van der Waals surface area contributed by atoms with E-state index in [2.05, 4.69) is 20.5 Å². The third-order valence-corrected chi connectivity index (χ3v) is 3.89. The average Bonchev–Trinajstić information content (AvgIpc) is 3.14. The highest BCUT2D eigenvalue weighted by Gasteiger charge is 2.25. The number of nitrogens with one attached hydrogen (secondary N) is 2. The van der Waals surface area contributed by atoms with Crippen molar-refractivity contribution in [3.63, 3.8) is 0 Å². The molecule has 0 saturated carbocycles. The standard InChI is InChI=1S/C18H29N5O4/c1-18(2,3)27-17(25)21-8-7-20-16(19-4)23-11-9-22(10-12-23)15(24)14-6-5-13-26-14/h5-6,13H,7-12H2,1-4H3,(H,19,20)(H,21,25). The molecule has 1 aromatic heterocycles. The van der Waals surface area contributed by atoms with Crippen molar-refractivity contribution in [2.45, 2.75) is 26.4 Å². The van der Waals surface area contributed by atoms with Crippen molar-refractivity contribution in [1.82, 2.24) is 20.4 Å². The average molecular weight is 379 g/mol. The van der Waals surface area contributed by atoms with Crippen LogP contribution in [0.4, 0.5) is 4.79 Å². The second kappa shape index (κ2) is 9.29. The number of guanidine groups is 1. The van der Waals surface area contributed by atoms with Gasteiger partial charge in [-0.25, -0.2) is 4.79 Å². The van der Waals surface area contributed by atoms with Crippen molar-refractivity contribution in [3.8, 4) is 0 Å². The summed E-state index contributed by atoms with van der Waals surface area (Å²) in [5.41, 5.74) is -0.514. The van der Waals surface area contributed by atoms with Crippen molar-refractivity contribution in [1.29, 1.82) is 0 Å². The van der Waals surface area contributed by atoms with Crippen LogP contribution in [-0.4, -0.2) is 79.7 Å². The van der Waals surface area contributed by atoms with E-state index in [0.29, 0.717) is 45.0 Å². The van der Waals surface area contributed by atoms with Crippen LogP contribution in [0.2, 0.25) is 0 Å². The van der Waals surface area contributed by atoms with Crippen molar-refractivity contribution in [2.24, 2.45) is 4.99 Å². The van der Waals surface area contributed by atoms with Crippen LogP contribution in [0, 0.1) is 0 Å². The fourth-order valence-electron chi connectivity index (χ4n) is 2.66. The Morgan fingerprint density at radius 1 is 1.15 bits per heavy atom. The van der Waals surface area contributed by atoms with E-state index in [1.165, 1.54) is 6.26 Å². The number of hydrogen-bond acceptors (Lipinski definition) is 5. The number of hydrogen-bond donors (Lipinski definition) is 2. The van der Waals surface area contributed by atoms with E-state index in [1.54, 1.807) is 24.1 Å². The molecule has 1 aliphatic rings. The number of alkyl carbamates (subject to hydrolysis) is 1. The highest BCUT2D eigenvalue weighted by atomic mass is 16.6. The van der Waals surface area contributed by atoms with Gasteiger partial charge in [-0.3, -0.25) is 9.79 Å². The molecular formula is C18H29N5O4. The Bertz CT molecular complexity index is 643. The maximum absolute atomic E-state index is 12.3. The zero-order valence-electron chi connectivity index (χ0n) is 16.4.